The van der Waals surface area contributed by atoms with E-state index in [4.69, 9.17) is 9.47 Å². The number of hydrogen-bond donors (Lipinski definition) is 2. The lowest BCUT2D eigenvalue weighted by atomic mass is 9.98. The summed E-state index contributed by atoms with van der Waals surface area (Å²) in [7, 11) is 3.59. The molecule has 2 N–H and O–H groups in total. The van der Waals surface area contributed by atoms with Gasteiger partial charge in [0.25, 0.3) is 0 Å². The summed E-state index contributed by atoms with van der Waals surface area (Å²) in [5.74, 6) is 0.349. The van der Waals surface area contributed by atoms with Crippen LogP contribution in [0.4, 0.5) is 4.79 Å². The predicted molar refractivity (Wildman–Crippen MR) is 114 cm³/mol. The van der Waals surface area contributed by atoms with Gasteiger partial charge in [-0.15, -0.1) is 0 Å². The first kappa shape index (κ1) is 20.4. The fourth-order valence-electron chi connectivity index (χ4n) is 4.16. The molecule has 0 aliphatic heterocycles. The van der Waals surface area contributed by atoms with Gasteiger partial charge in [0.15, 0.2) is 0 Å². The second-order valence-corrected chi connectivity index (χ2v) is 8.30. The van der Waals surface area contributed by atoms with Gasteiger partial charge < -0.3 is 19.8 Å². The third-order valence-corrected chi connectivity index (χ3v) is 5.53. The van der Waals surface area contributed by atoms with Crippen molar-refractivity contribution in [1.82, 2.24) is 25.1 Å². The van der Waals surface area contributed by atoms with Crippen LogP contribution in [0.5, 0.6) is 0 Å². The van der Waals surface area contributed by atoms with Gasteiger partial charge in [-0.05, 0) is 62.8 Å². The van der Waals surface area contributed by atoms with Crippen LogP contribution in [0.1, 0.15) is 50.3 Å². The number of alkyl carbamates (subject to hydrolysis) is 1. The lowest BCUT2D eigenvalue weighted by Gasteiger charge is -2.15. The van der Waals surface area contributed by atoms with E-state index in [-0.39, 0.29) is 18.2 Å². The SMILES string of the molecule is COCc1cc(-c2cc3cc([C@H]4CC[C@@H](OC(=O)NC(C)C)C4)cnc3[nH]2)n(C)n1. The van der Waals surface area contributed by atoms with Crippen molar-refractivity contribution in [3.05, 3.63) is 35.7 Å². The molecule has 0 unspecified atom stereocenters. The molecule has 1 saturated carbocycles. The van der Waals surface area contributed by atoms with Crippen LogP contribution in [0.15, 0.2) is 24.4 Å². The molecule has 8 heteroatoms. The van der Waals surface area contributed by atoms with Gasteiger partial charge in [0, 0.05) is 31.8 Å². The second kappa shape index (κ2) is 8.47. The van der Waals surface area contributed by atoms with Gasteiger partial charge >= 0.3 is 6.09 Å². The van der Waals surface area contributed by atoms with E-state index in [1.165, 1.54) is 5.56 Å². The quantitative estimate of drug-likeness (QED) is 0.642. The Labute approximate surface area is 176 Å². The van der Waals surface area contributed by atoms with Gasteiger partial charge in [0.1, 0.15) is 11.8 Å². The molecule has 4 rings (SSSR count). The van der Waals surface area contributed by atoms with Gasteiger partial charge in [-0.2, -0.15) is 5.10 Å². The minimum absolute atomic E-state index is 0.0418. The molecular weight excluding hydrogens is 382 g/mol. The smallest absolute Gasteiger partial charge is 0.407 e. The first-order chi connectivity index (χ1) is 14.4. The molecule has 0 aromatic carbocycles. The first-order valence-corrected chi connectivity index (χ1v) is 10.4. The number of aromatic nitrogens is 4. The maximum absolute atomic E-state index is 11.9. The zero-order valence-corrected chi connectivity index (χ0v) is 17.9. The summed E-state index contributed by atoms with van der Waals surface area (Å²) in [6.45, 7) is 4.33. The van der Waals surface area contributed by atoms with E-state index in [0.29, 0.717) is 12.5 Å². The average molecular weight is 412 g/mol. The summed E-state index contributed by atoms with van der Waals surface area (Å²) in [5, 5.41) is 8.34. The van der Waals surface area contributed by atoms with E-state index >= 15 is 0 Å². The zero-order chi connectivity index (χ0) is 21.3. The van der Waals surface area contributed by atoms with Crippen LogP contribution in [0.3, 0.4) is 0 Å². The molecule has 0 radical (unpaired) electrons. The van der Waals surface area contributed by atoms with Crippen LogP contribution >= 0.6 is 0 Å². The molecule has 0 spiro atoms. The van der Waals surface area contributed by atoms with Crippen molar-refractivity contribution >= 4 is 17.1 Å². The molecule has 1 aliphatic carbocycles. The third kappa shape index (κ3) is 4.33. The summed E-state index contributed by atoms with van der Waals surface area (Å²) in [4.78, 5) is 19.9. The lowest BCUT2D eigenvalue weighted by molar-refractivity contribution is 0.0982. The standard InChI is InChI=1S/C22H29N5O3/c1-13(2)24-22(28)30-18-6-5-14(8-18)16-7-15-9-19(25-21(15)23-11-16)20-10-17(12-29-4)26-27(20)3/h7,9-11,13-14,18H,5-6,8,12H2,1-4H3,(H,23,25)(H,24,28)/t14-,18+/m0/s1. The summed E-state index contributed by atoms with van der Waals surface area (Å²) >= 11 is 0. The number of aryl methyl sites for hydroxylation is 1. The van der Waals surface area contributed by atoms with Gasteiger partial charge in [0.05, 0.1) is 23.7 Å². The van der Waals surface area contributed by atoms with E-state index in [2.05, 4.69) is 32.5 Å². The number of nitrogens with zero attached hydrogens (tertiary/aromatic N) is 3. The first-order valence-electron chi connectivity index (χ1n) is 10.4. The van der Waals surface area contributed by atoms with Crippen LogP contribution in [0.25, 0.3) is 22.4 Å². The molecular formula is C22H29N5O3. The highest BCUT2D eigenvalue weighted by atomic mass is 16.6. The van der Waals surface area contributed by atoms with Gasteiger partial charge in [-0.1, -0.05) is 0 Å². The van der Waals surface area contributed by atoms with Crippen LogP contribution in [-0.4, -0.2) is 45.1 Å². The highest BCUT2D eigenvalue weighted by molar-refractivity contribution is 5.83. The Kier molecular flexibility index (Phi) is 5.76. The number of nitrogens with one attached hydrogen (secondary N) is 2. The van der Waals surface area contributed by atoms with E-state index in [1.807, 2.05) is 37.8 Å². The van der Waals surface area contributed by atoms with Crippen molar-refractivity contribution in [2.24, 2.45) is 7.05 Å². The summed E-state index contributed by atoms with van der Waals surface area (Å²) in [6.07, 6.45) is 4.26. The maximum Gasteiger partial charge on any atom is 0.407 e. The van der Waals surface area contributed by atoms with Crippen LogP contribution < -0.4 is 5.32 Å². The number of carbonyl (C=O) groups excluding carboxylic acids is 1. The van der Waals surface area contributed by atoms with E-state index < -0.39 is 0 Å². The van der Waals surface area contributed by atoms with Crippen molar-refractivity contribution in [1.29, 1.82) is 0 Å². The molecule has 3 aromatic rings. The van der Waals surface area contributed by atoms with Gasteiger partial charge in [-0.25, -0.2) is 9.78 Å². The number of carbonyl (C=O) groups is 1. The molecule has 0 bridgehead atoms. The molecule has 1 fully saturated rings. The Morgan fingerprint density at radius 2 is 2.17 bits per heavy atom. The van der Waals surface area contributed by atoms with Crippen LogP contribution in [-0.2, 0) is 23.1 Å². The highest BCUT2D eigenvalue weighted by Crippen LogP contribution is 2.37. The van der Waals surface area contributed by atoms with Gasteiger partial charge in [0.2, 0.25) is 0 Å². The van der Waals surface area contributed by atoms with E-state index in [0.717, 1.165) is 47.4 Å². The molecule has 8 nitrogen and oxygen atoms in total. The number of aromatic amines is 1. The topological polar surface area (TPSA) is 94.1 Å². The number of methoxy groups -OCH3 is 1. The number of pyridine rings is 1. The Bertz CT molecular complexity index is 1040. The predicted octanol–water partition coefficient (Wildman–Crippen LogP) is 3.88. The number of ether oxygens (including phenoxy) is 2. The molecule has 160 valence electrons. The number of H-pyrrole nitrogens is 1. The number of fused-ring (bicyclic) bond motifs is 1. The number of rotatable bonds is 6. The van der Waals surface area contributed by atoms with Crippen molar-refractivity contribution < 1.29 is 14.3 Å². The van der Waals surface area contributed by atoms with Crippen LogP contribution in [0.2, 0.25) is 0 Å². The van der Waals surface area contributed by atoms with Crippen molar-refractivity contribution in [3.8, 4) is 11.4 Å². The maximum atomic E-state index is 11.9. The zero-order valence-electron chi connectivity index (χ0n) is 17.9. The monoisotopic (exact) mass is 411 g/mol. The third-order valence-electron chi connectivity index (χ3n) is 5.53. The van der Waals surface area contributed by atoms with Crippen molar-refractivity contribution in [2.45, 2.75) is 57.8 Å². The second-order valence-electron chi connectivity index (χ2n) is 8.30. The van der Waals surface area contributed by atoms with E-state index in [1.54, 1.807) is 7.11 Å². The molecule has 3 heterocycles. The average Bonchev–Trinajstić information content (AvgIpc) is 3.38. The molecule has 2 atom stereocenters. The van der Waals surface area contributed by atoms with Crippen molar-refractivity contribution in [2.75, 3.05) is 7.11 Å². The summed E-state index contributed by atoms with van der Waals surface area (Å²) < 4.78 is 12.6. The summed E-state index contributed by atoms with van der Waals surface area (Å²) in [6, 6.07) is 6.40. The Balaban J connectivity index is 1.49. The highest BCUT2D eigenvalue weighted by Gasteiger charge is 2.29. The van der Waals surface area contributed by atoms with Crippen LogP contribution in [0, 0.1) is 0 Å². The van der Waals surface area contributed by atoms with Crippen molar-refractivity contribution in [3.63, 3.8) is 0 Å². The molecule has 1 amide bonds. The normalized spacial score (nSPS) is 19.0. The largest absolute Gasteiger partial charge is 0.446 e. The Morgan fingerprint density at radius 3 is 2.93 bits per heavy atom. The number of amides is 1. The Morgan fingerprint density at radius 1 is 1.33 bits per heavy atom. The molecule has 0 saturated heterocycles. The Hall–Kier alpha value is -2.87. The molecule has 3 aromatic heterocycles. The summed E-state index contributed by atoms with van der Waals surface area (Å²) in [5.41, 5.74) is 4.90. The van der Waals surface area contributed by atoms with Gasteiger partial charge in [-0.3, -0.25) is 4.68 Å². The number of hydrogen-bond acceptors (Lipinski definition) is 5. The minimum Gasteiger partial charge on any atom is -0.446 e. The fraction of sp³-hybridized carbons (Fsp3) is 0.500. The molecule has 1 aliphatic rings. The van der Waals surface area contributed by atoms with E-state index in [9.17, 15) is 4.79 Å². The molecule has 30 heavy (non-hydrogen) atoms. The fourth-order valence-corrected chi connectivity index (χ4v) is 4.16. The minimum atomic E-state index is -0.330. The lowest BCUT2D eigenvalue weighted by Crippen LogP contribution is -2.33.